The number of hydrogen-bond donors (Lipinski definition) is 4. The summed E-state index contributed by atoms with van der Waals surface area (Å²) in [6, 6.07) is 7.37. The molecule has 1 aliphatic heterocycles. The Hall–Kier alpha value is -3.65. The number of carbonyl (C=O) groups is 3. The first-order valence-corrected chi connectivity index (χ1v) is 12.3. The fraction of sp³-hybridized carbons (Fsp3) is 0.560. The van der Waals surface area contributed by atoms with Gasteiger partial charge in [-0.1, -0.05) is 30.3 Å². The summed E-state index contributed by atoms with van der Waals surface area (Å²) in [7, 11) is 0. The summed E-state index contributed by atoms with van der Waals surface area (Å²) in [6.07, 6.45) is 5.30. The number of nitrogens with zero attached hydrogens (tertiary/aromatic N) is 3. The number of aryl methyl sites for hydroxylation is 1. The molecule has 0 spiro atoms. The van der Waals surface area contributed by atoms with Crippen LogP contribution < -0.4 is 16.4 Å². The third-order valence-corrected chi connectivity index (χ3v) is 6.02. The van der Waals surface area contributed by atoms with E-state index in [-0.39, 0.29) is 18.5 Å². The number of esters is 1. The first-order chi connectivity index (χ1) is 17.4. The summed E-state index contributed by atoms with van der Waals surface area (Å²) >= 11 is 0. The SMILES string of the molecule is CCOC(=O)[C@H](CCc1ccccc1)N[C@@H](CCCCN=C(N)NC#N)C(=O)N1CCC[C@H]1C(=O)O. The number of unbranched alkanes of at least 4 members (excludes halogenated alkanes) is 1. The minimum absolute atomic E-state index is 0.0212. The van der Waals surface area contributed by atoms with E-state index in [4.69, 9.17) is 15.7 Å². The Labute approximate surface area is 211 Å². The Balaban J connectivity index is 2.13. The van der Waals surface area contributed by atoms with Gasteiger partial charge in [0.05, 0.1) is 12.6 Å². The first-order valence-electron chi connectivity index (χ1n) is 12.3. The van der Waals surface area contributed by atoms with E-state index >= 15 is 0 Å². The lowest BCUT2D eigenvalue weighted by Crippen LogP contribution is -2.54. The average molecular weight is 501 g/mol. The monoisotopic (exact) mass is 500 g/mol. The number of likely N-dealkylation sites (tertiary alicyclic amines) is 1. The summed E-state index contributed by atoms with van der Waals surface area (Å²) in [6.45, 7) is 2.66. The van der Waals surface area contributed by atoms with E-state index in [1.165, 1.54) is 4.90 Å². The van der Waals surface area contributed by atoms with Crippen molar-refractivity contribution < 1.29 is 24.2 Å². The van der Waals surface area contributed by atoms with Crippen molar-refractivity contribution in [3.8, 4) is 6.19 Å². The molecule has 1 aromatic rings. The number of nitrogens with one attached hydrogen (secondary N) is 2. The second-order valence-corrected chi connectivity index (χ2v) is 8.58. The van der Waals surface area contributed by atoms with E-state index in [1.54, 1.807) is 13.1 Å². The highest BCUT2D eigenvalue weighted by Crippen LogP contribution is 2.20. The molecule has 0 aromatic heterocycles. The van der Waals surface area contributed by atoms with Gasteiger partial charge in [0.25, 0.3) is 0 Å². The Bertz CT molecular complexity index is 933. The summed E-state index contributed by atoms with van der Waals surface area (Å²) in [4.78, 5) is 43.3. The van der Waals surface area contributed by atoms with Gasteiger partial charge in [0.15, 0.2) is 6.19 Å². The number of rotatable bonds is 14. The van der Waals surface area contributed by atoms with Crippen LogP contribution in [-0.2, 0) is 25.5 Å². The smallest absolute Gasteiger partial charge is 0.326 e. The van der Waals surface area contributed by atoms with Crippen LogP contribution in [0, 0.1) is 11.5 Å². The van der Waals surface area contributed by atoms with E-state index in [2.05, 4.69) is 15.6 Å². The number of carboxylic acid groups (broad SMARTS) is 1. The predicted octanol–water partition coefficient (Wildman–Crippen LogP) is 1.14. The molecule has 1 aliphatic rings. The number of carboxylic acids is 1. The van der Waals surface area contributed by atoms with Gasteiger partial charge >= 0.3 is 11.9 Å². The van der Waals surface area contributed by atoms with Crippen molar-refractivity contribution in [1.29, 1.82) is 5.26 Å². The van der Waals surface area contributed by atoms with E-state index in [0.717, 1.165) is 5.56 Å². The Morgan fingerprint density at radius 3 is 2.67 bits per heavy atom. The molecule has 11 heteroatoms. The van der Waals surface area contributed by atoms with Crippen LogP contribution in [0.25, 0.3) is 0 Å². The maximum absolute atomic E-state index is 13.5. The maximum atomic E-state index is 13.5. The third kappa shape index (κ3) is 9.19. The van der Waals surface area contributed by atoms with Gasteiger partial charge in [-0.2, -0.15) is 5.26 Å². The minimum atomic E-state index is -1.03. The second-order valence-electron chi connectivity index (χ2n) is 8.58. The fourth-order valence-electron chi connectivity index (χ4n) is 4.23. The van der Waals surface area contributed by atoms with Crippen molar-refractivity contribution in [2.24, 2.45) is 10.7 Å². The van der Waals surface area contributed by atoms with Crippen molar-refractivity contribution >= 4 is 23.8 Å². The van der Waals surface area contributed by atoms with E-state index in [0.29, 0.717) is 58.0 Å². The average Bonchev–Trinajstić information content (AvgIpc) is 3.36. The normalized spacial score (nSPS) is 17.2. The van der Waals surface area contributed by atoms with Gasteiger partial charge in [0.2, 0.25) is 11.9 Å². The number of aliphatic carboxylic acids is 1. The van der Waals surface area contributed by atoms with Crippen LogP contribution in [0.1, 0.15) is 51.0 Å². The standard InChI is InChI=1S/C25H36N6O5/c1-2-36-24(35)20(14-13-18-9-4-3-5-10-18)30-19(11-6-7-15-28-25(27)29-17-26)22(32)31-16-8-12-21(31)23(33)34/h3-5,9-10,19-21,30H,2,6-8,11-16H2,1H3,(H,33,34)(H3,27,28,29)/t19-,20-,21-/m0/s1. The van der Waals surface area contributed by atoms with Crippen LogP contribution in [-0.4, -0.2) is 71.6 Å². The molecule has 0 aliphatic carbocycles. The fourth-order valence-corrected chi connectivity index (χ4v) is 4.23. The molecule has 3 atom stereocenters. The Morgan fingerprint density at radius 1 is 1.25 bits per heavy atom. The number of nitrogens with two attached hydrogens (primary N) is 1. The minimum Gasteiger partial charge on any atom is -0.480 e. The lowest BCUT2D eigenvalue weighted by Gasteiger charge is -2.30. The number of guanidine groups is 1. The lowest BCUT2D eigenvalue weighted by atomic mass is 10.0. The van der Waals surface area contributed by atoms with Crippen molar-refractivity contribution in [2.75, 3.05) is 19.7 Å². The van der Waals surface area contributed by atoms with Crippen LogP contribution in [0.3, 0.4) is 0 Å². The summed E-state index contributed by atoms with van der Waals surface area (Å²) in [5.41, 5.74) is 6.60. The van der Waals surface area contributed by atoms with Gasteiger partial charge in [-0.15, -0.1) is 0 Å². The highest BCUT2D eigenvalue weighted by Gasteiger charge is 2.38. The molecule has 0 radical (unpaired) electrons. The molecule has 1 amide bonds. The van der Waals surface area contributed by atoms with Gasteiger partial charge in [-0.25, -0.2) is 4.79 Å². The molecule has 0 unspecified atom stereocenters. The van der Waals surface area contributed by atoms with Crippen LogP contribution >= 0.6 is 0 Å². The molecule has 11 nitrogen and oxygen atoms in total. The number of hydrogen-bond acceptors (Lipinski definition) is 7. The highest BCUT2D eigenvalue weighted by molar-refractivity contribution is 5.88. The summed E-state index contributed by atoms with van der Waals surface area (Å²) in [5, 5.41) is 23.6. The molecule has 1 saturated heterocycles. The van der Waals surface area contributed by atoms with Crippen molar-refractivity contribution in [3.63, 3.8) is 0 Å². The molecule has 36 heavy (non-hydrogen) atoms. The number of ether oxygens (including phenoxy) is 1. The second kappa shape index (κ2) is 15.4. The zero-order valence-electron chi connectivity index (χ0n) is 20.7. The first kappa shape index (κ1) is 28.6. The van der Waals surface area contributed by atoms with E-state index < -0.39 is 30.1 Å². The van der Waals surface area contributed by atoms with Crippen molar-refractivity contribution in [3.05, 3.63) is 35.9 Å². The molecular weight excluding hydrogens is 464 g/mol. The largest absolute Gasteiger partial charge is 0.480 e. The predicted molar refractivity (Wildman–Crippen MR) is 134 cm³/mol. The molecule has 5 N–H and O–H groups in total. The summed E-state index contributed by atoms with van der Waals surface area (Å²) < 4.78 is 5.26. The number of carbonyl (C=O) groups excluding carboxylic acids is 2. The van der Waals surface area contributed by atoms with Crippen LogP contribution in [0.2, 0.25) is 0 Å². The number of aliphatic imine (C=N–C) groups is 1. The van der Waals surface area contributed by atoms with Crippen LogP contribution in [0.5, 0.6) is 0 Å². The van der Waals surface area contributed by atoms with Gasteiger partial charge in [-0.05, 0) is 57.4 Å². The van der Waals surface area contributed by atoms with Crippen molar-refractivity contribution in [2.45, 2.75) is 70.0 Å². The third-order valence-electron chi connectivity index (χ3n) is 6.02. The highest BCUT2D eigenvalue weighted by atomic mass is 16.5. The molecule has 1 fully saturated rings. The molecule has 2 rings (SSSR count). The molecular formula is C25H36N6O5. The lowest BCUT2D eigenvalue weighted by molar-refractivity contribution is -0.150. The topological polar surface area (TPSA) is 170 Å². The zero-order chi connectivity index (χ0) is 26.3. The molecule has 1 aromatic carbocycles. The van der Waals surface area contributed by atoms with E-state index in [1.807, 2.05) is 30.3 Å². The quantitative estimate of drug-likeness (QED) is 0.0730. The number of amides is 1. The van der Waals surface area contributed by atoms with Crippen LogP contribution in [0.15, 0.2) is 35.3 Å². The number of benzene rings is 1. The Morgan fingerprint density at radius 2 is 2.00 bits per heavy atom. The summed E-state index contributed by atoms with van der Waals surface area (Å²) in [5.74, 6) is -1.78. The van der Waals surface area contributed by atoms with Crippen LogP contribution in [0.4, 0.5) is 0 Å². The Kier molecular flexibility index (Phi) is 12.2. The molecule has 0 saturated carbocycles. The maximum Gasteiger partial charge on any atom is 0.326 e. The molecule has 196 valence electrons. The van der Waals surface area contributed by atoms with E-state index in [9.17, 15) is 19.5 Å². The molecule has 1 heterocycles. The van der Waals surface area contributed by atoms with Crippen molar-refractivity contribution in [1.82, 2.24) is 15.5 Å². The van der Waals surface area contributed by atoms with Gasteiger partial charge in [0, 0.05) is 13.1 Å². The molecule has 0 bridgehead atoms. The number of nitriles is 1. The zero-order valence-corrected chi connectivity index (χ0v) is 20.7. The van der Waals surface area contributed by atoms with Gasteiger partial charge < -0.3 is 20.5 Å². The van der Waals surface area contributed by atoms with Gasteiger partial charge in [0.1, 0.15) is 12.1 Å². The van der Waals surface area contributed by atoms with Gasteiger partial charge in [-0.3, -0.25) is 25.2 Å².